The average Bonchev–Trinajstić information content (AvgIpc) is 2.44. The molecule has 0 fully saturated rings. The molecule has 0 aliphatic rings. The van der Waals surface area contributed by atoms with Crippen molar-refractivity contribution in [3.8, 4) is 11.5 Å². The summed E-state index contributed by atoms with van der Waals surface area (Å²) in [5, 5.41) is 11.1. The van der Waals surface area contributed by atoms with Crippen LogP contribution in [-0.2, 0) is 16.0 Å². The Labute approximate surface area is 117 Å². The van der Waals surface area contributed by atoms with E-state index in [1.165, 1.54) is 6.92 Å². The van der Waals surface area contributed by atoms with Crippen LogP contribution in [0.1, 0.15) is 18.9 Å². The molecule has 0 bridgehead atoms. The van der Waals surface area contributed by atoms with Gasteiger partial charge in [0.25, 0.3) is 0 Å². The highest BCUT2D eigenvalue weighted by molar-refractivity contribution is 5.83. The Hall–Kier alpha value is -2.24. The SMILES string of the molecule is COc1cc(CCC(=O)N[C@@H](C)C(=O)O)cc(OC)c1. The molecular weight excluding hydrogens is 262 g/mol. The van der Waals surface area contributed by atoms with Crippen molar-refractivity contribution in [2.75, 3.05) is 14.2 Å². The van der Waals surface area contributed by atoms with Gasteiger partial charge < -0.3 is 19.9 Å². The molecule has 110 valence electrons. The molecule has 1 rings (SSSR count). The third kappa shape index (κ3) is 4.79. The van der Waals surface area contributed by atoms with Crippen LogP contribution in [-0.4, -0.2) is 37.2 Å². The van der Waals surface area contributed by atoms with Crippen LogP contribution < -0.4 is 14.8 Å². The molecule has 0 saturated heterocycles. The number of aliphatic carboxylic acids is 1. The summed E-state index contributed by atoms with van der Waals surface area (Å²) in [6.07, 6.45) is 0.680. The van der Waals surface area contributed by atoms with E-state index < -0.39 is 12.0 Å². The van der Waals surface area contributed by atoms with E-state index >= 15 is 0 Å². The lowest BCUT2D eigenvalue weighted by atomic mass is 10.1. The number of carbonyl (C=O) groups excluding carboxylic acids is 1. The Morgan fingerprint density at radius 3 is 2.20 bits per heavy atom. The fourth-order valence-electron chi connectivity index (χ4n) is 1.64. The smallest absolute Gasteiger partial charge is 0.325 e. The predicted molar refractivity (Wildman–Crippen MR) is 73.1 cm³/mol. The number of hydrogen-bond donors (Lipinski definition) is 2. The lowest BCUT2D eigenvalue weighted by Gasteiger charge is -2.10. The highest BCUT2D eigenvalue weighted by Gasteiger charge is 2.13. The number of carboxylic acid groups (broad SMARTS) is 1. The molecule has 1 aromatic carbocycles. The van der Waals surface area contributed by atoms with Crippen LogP contribution in [0.2, 0.25) is 0 Å². The lowest BCUT2D eigenvalue weighted by molar-refractivity contribution is -0.141. The number of aryl methyl sites for hydroxylation is 1. The van der Waals surface area contributed by atoms with Gasteiger partial charge in [-0.2, -0.15) is 0 Å². The fourth-order valence-corrected chi connectivity index (χ4v) is 1.64. The summed E-state index contributed by atoms with van der Waals surface area (Å²) in [6, 6.07) is 4.49. The molecular formula is C14H19NO5. The molecule has 0 aromatic heterocycles. The van der Waals surface area contributed by atoms with Gasteiger partial charge in [0.1, 0.15) is 17.5 Å². The molecule has 0 aliphatic carbocycles. The standard InChI is InChI=1S/C14H19NO5/c1-9(14(17)18)15-13(16)5-4-10-6-11(19-2)8-12(7-10)20-3/h6-9H,4-5H2,1-3H3,(H,15,16)(H,17,18)/t9-/m0/s1. The van der Waals surface area contributed by atoms with Gasteiger partial charge in [0.05, 0.1) is 14.2 Å². The van der Waals surface area contributed by atoms with Gasteiger partial charge in [-0.3, -0.25) is 9.59 Å². The Morgan fingerprint density at radius 1 is 1.20 bits per heavy atom. The van der Waals surface area contributed by atoms with Gasteiger partial charge in [-0.05, 0) is 31.0 Å². The van der Waals surface area contributed by atoms with E-state index in [0.29, 0.717) is 17.9 Å². The number of nitrogens with one attached hydrogen (secondary N) is 1. The van der Waals surface area contributed by atoms with Gasteiger partial charge in [-0.25, -0.2) is 0 Å². The van der Waals surface area contributed by atoms with Crippen LogP contribution in [0.4, 0.5) is 0 Å². The highest BCUT2D eigenvalue weighted by atomic mass is 16.5. The molecule has 0 spiro atoms. The number of carboxylic acids is 1. The summed E-state index contributed by atoms with van der Waals surface area (Å²) in [6.45, 7) is 1.43. The van der Waals surface area contributed by atoms with E-state index in [-0.39, 0.29) is 12.3 Å². The molecule has 0 radical (unpaired) electrons. The normalized spacial score (nSPS) is 11.6. The zero-order valence-electron chi connectivity index (χ0n) is 11.8. The van der Waals surface area contributed by atoms with E-state index in [2.05, 4.69) is 5.32 Å². The van der Waals surface area contributed by atoms with Crippen LogP contribution in [0.3, 0.4) is 0 Å². The second kappa shape index (κ2) is 7.37. The maximum Gasteiger partial charge on any atom is 0.325 e. The van der Waals surface area contributed by atoms with Crippen molar-refractivity contribution in [1.82, 2.24) is 5.32 Å². The molecule has 0 heterocycles. The van der Waals surface area contributed by atoms with Crippen molar-refractivity contribution in [2.45, 2.75) is 25.8 Å². The predicted octanol–water partition coefficient (Wildman–Crippen LogP) is 1.23. The maximum atomic E-state index is 11.6. The van der Waals surface area contributed by atoms with Crippen LogP contribution >= 0.6 is 0 Å². The van der Waals surface area contributed by atoms with E-state index in [9.17, 15) is 9.59 Å². The van der Waals surface area contributed by atoms with Gasteiger partial charge in [-0.1, -0.05) is 0 Å². The summed E-state index contributed by atoms with van der Waals surface area (Å²) in [5.74, 6) is -0.0552. The summed E-state index contributed by atoms with van der Waals surface area (Å²) >= 11 is 0. The molecule has 0 aliphatic heterocycles. The number of methoxy groups -OCH3 is 2. The first-order valence-corrected chi connectivity index (χ1v) is 6.20. The van der Waals surface area contributed by atoms with Crippen molar-refractivity contribution in [3.05, 3.63) is 23.8 Å². The van der Waals surface area contributed by atoms with E-state index in [1.54, 1.807) is 20.3 Å². The Balaban J connectivity index is 2.60. The van der Waals surface area contributed by atoms with Crippen molar-refractivity contribution in [3.63, 3.8) is 0 Å². The largest absolute Gasteiger partial charge is 0.497 e. The maximum absolute atomic E-state index is 11.6. The topological polar surface area (TPSA) is 84.9 Å². The summed E-state index contributed by atoms with van der Waals surface area (Å²) in [4.78, 5) is 22.2. The minimum atomic E-state index is -1.05. The molecule has 0 saturated carbocycles. The number of amides is 1. The van der Waals surface area contributed by atoms with E-state index in [0.717, 1.165) is 5.56 Å². The third-order valence-corrected chi connectivity index (χ3v) is 2.80. The van der Waals surface area contributed by atoms with Crippen LogP contribution in [0.5, 0.6) is 11.5 Å². The Kier molecular flexibility index (Phi) is 5.83. The lowest BCUT2D eigenvalue weighted by Crippen LogP contribution is -2.38. The first-order chi connectivity index (χ1) is 9.46. The van der Waals surface area contributed by atoms with Gasteiger partial charge >= 0.3 is 5.97 Å². The van der Waals surface area contributed by atoms with Crippen molar-refractivity contribution in [2.24, 2.45) is 0 Å². The van der Waals surface area contributed by atoms with Crippen molar-refractivity contribution in [1.29, 1.82) is 0 Å². The fraction of sp³-hybridized carbons (Fsp3) is 0.429. The zero-order chi connectivity index (χ0) is 15.1. The first-order valence-electron chi connectivity index (χ1n) is 6.20. The van der Waals surface area contributed by atoms with Gasteiger partial charge in [0, 0.05) is 12.5 Å². The summed E-state index contributed by atoms with van der Waals surface area (Å²) in [7, 11) is 3.11. The summed E-state index contributed by atoms with van der Waals surface area (Å²) in [5.41, 5.74) is 0.888. The minimum Gasteiger partial charge on any atom is -0.497 e. The number of ether oxygens (including phenoxy) is 2. The molecule has 1 atom stereocenters. The molecule has 2 N–H and O–H groups in total. The molecule has 6 heteroatoms. The van der Waals surface area contributed by atoms with Crippen LogP contribution in [0.25, 0.3) is 0 Å². The molecule has 20 heavy (non-hydrogen) atoms. The monoisotopic (exact) mass is 281 g/mol. The van der Waals surface area contributed by atoms with Gasteiger partial charge in [0.2, 0.25) is 5.91 Å². The van der Waals surface area contributed by atoms with Gasteiger partial charge in [-0.15, -0.1) is 0 Å². The van der Waals surface area contributed by atoms with E-state index in [4.69, 9.17) is 14.6 Å². The molecule has 0 unspecified atom stereocenters. The number of hydrogen-bond acceptors (Lipinski definition) is 4. The average molecular weight is 281 g/mol. The Morgan fingerprint density at radius 2 is 1.75 bits per heavy atom. The number of rotatable bonds is 7. The highest BCUT2D eigenvalue weighted by Crippen LogP contribution is 2.23. The molecule has 6 nitrogen and oxygen atoms in total. The van der Waals surface area contributed by atoms with Crippen molar-refractivity contribution < 1.29 is 24.2 Å². The first kappa shape index (κ1) is 15.8. The second-order valence-electron chi connectivity index (χ2n) is 4.35. The quantitative estimate of drug-likeness (QED) is 0.785. The van der Waals surface area contributed by atoms with E-state index in [1.807, 2.05) is 12.1 Å². The summed E-state index contributed by atoms with van der Waals surface area (Å²) < 4.78 is 10.3. The minimum absolute atomic E-state index is 0.202. The van der Waals surface area contributed by atoms with Crippen LogP contribution in [0, 0.1) is 0 Å². The number of carbonyl (C=O) groups is 2. The second-order valence-corrected chi connectivity index (χ2v) is 4.35. The Bertz CT molecular complexity index is 464. The molecule has 1 aromatic rings. The zero-order valence-corrected chi connectivity index (χ0v) is 11.8. The van der Waals surface area contributed by atoms with Crippen LogP contribution in [0.15, 0.2) is 18.2 Å². The van der Waals surface area contributed by atoms with Gasteiger partial charge in [0.15, 0.2) is 0 Å². The third-order valence-electron chi connectivity index (χ3n) is 2.80. The number of benzene rings is 1. The van der Waals surface area contributed by atoms with Crippen molar-refractivity contribution >= 4 is 11.9 Å². The molecule has 1 amide bonds.